The summed E-state index contributed by atoms with van der Waals surface area (Å²) in [5, 5.41) is 6.01. The normalized spacial score (nSPS) is 12.9. The number of hydrogen-bond donors (Lipinski definition) is 2. The van der Waals surface area contributed by atoms with Gasteiger partial charge in [-0.3, -0.25) is 4.79 Å². The van der Waals surface area contributed by atoms with Crippen molar-refractivity contribution >= 4 is 21.6 Å². The molecule has 0 aliphatic carbocycles. The molecule has 0 saturated carbocycles. The van der Waals surface area contributed by atoms with Gasteiger partial charge in [-0.05, 0) is 39.0 Å². The zero-order valence-electron chi connectivity index (χ0n) is 12.8. The fourth-order valence-electron chi connectivity index (χ4n) is 2.02. The highest BCUT2D eigenvalue weighted by molar-refractivity contribution is 7.89. The van der Waals surface area contributed by atoms with Crippen molar-refractivity contribution in [1.82, 2.24) is 9.88 Å². The van der Waals surface area contributed by atoms with Gasteiger partial charge in [0.15, 0.2) is 5.76 Å². The maximum atomic E-state index is 13.1. The van der Waals surface area contributed by atoms with Crippen molar-refractivity contribution in [3.63, 3.8) is 0 Å². The quantitative estimate of drug-likeness (QED) is 0.862. The first-order chi connectivity index (χ1) is 10.7. The number of amides is 1. The van der Waals surface area contributed by atoms with Gasteiger partial charge in [0.25, 0.3) is 0 Å². The minimum absolute atomic E-state index is 0.0945. The number of halogens is 1. The number of carbonyl (C=O) groups is 1. The van der Waals surface area contributed by atoms with E-state index < -0.39 is 27.8 Å². The number of nitrogens with one attached hydrogen (secondary N) is 2. The molecule has 1 amide bonds. The highest BCUT2D eigenvalue weighted by atomic mass is 32.2. The van der Waals surface area contributed by atoms with E-state index in [2.05, 4.69) is 15.2 Å². The lowest BCUT2D eigenvalue weighted by molar-refractivity contribution is -0.117. The molecule has 9 heteroatoms. The summed E-state index contributed by atoms with van der Waals surface area (Å²) in [4.78, 5) is 11.9. The fourth-order valence-corrected chi connectivity index (χ4v) is 3.55. The summed E-state index contributed by atoms with van der Waals surface area (Å²) >= 11 is 0. The van der Waals surface area contributed by atoms with Crippen LogP contribution in [0.25, 0.3) is 0 Å². The van der Waals surface area contributed by atoms with Gasteiger partial charge >= 0.3 is 0 Å². The topological polar surface area (TPSA) is 101 Å². The highest BCUT2D eigenvalue weighted by Gasteiger charge is 2.28. The third-order valence-corrected chi connectivity index (χ3v) is 4.84. The summed E-state index contributed by atoms with van der Waals surface area (Å²) in [6.45, 7) is 4.33. The molecule has 0 fully saturated rings. The standard InChI is InChI=1S/C14H16FN3O4S/c1-8-13(10(3)22-17-8)23(20,21)18-9(2)14(19)16-12-6-4-5-11(15)7-12/h4-7,9,18H,1-3H3,(H,16,19)/t9-/m0/s1. The number of aryl methyl sites for hydroxylation is 2. The van der Waals surface area contributed by atoms with E-state index in [9.17, 15) is 17.6 Å². The van der Waals surface area contributed by atoms with Gasteiger partial charge in [-0.1, -0.05) is 11.2 Å². The lowest BCUT2D eigenvalue weighted by atomic mass is 10.3. The number of aromatic nitrogens is 1. The number of anilines is 1. The molecule has 0 aliphatic rings. The number of sulfonamides is 1. The van der Waals surface area contributed by atoms with Gasteiger partial charge in [-0.2, -0.15) is 4.72 Å². The largest absolute Gasteiger partial charge is 0.360 e. The number of rotatable bonds is 5. The Morgan fingerprint density at radius 2 is 2.04 bits per heavy atom. The SMILES string of the molecule is Cc1noc(C)c1S(=O)(=O)N[C@@H](C)C(=O)Nc1cccc(F)c1. The van der Waals surface area contributed by atoms with Gasteiger partial charge in [0.05, 0.1) is 6.04 Å². The first-order valence-corrected chi connectivity index (χ1v) is 8.20. The van der Waals surface area contributed by atoms with E-state index in [1.807, 2.05) is 0 Å². The lowest BCUT2D eigenvalue weighted by Crippen LogP contribution is -2.41. The van der Waals surface area contributed by atoms with Crippen LogP contribution < -0.4 is 10.0 Å². The fraction of sp³-hybridized carbons (Fsp3) is 0.286. The summed E-state index contributed by atoms with van der Waals surface area (Å²) in [5.41, 5.74) is 0.436. The molecular formula is C14H16FN3O4S. The average Bonchev–Trinajstić information content (AvgIpc) is 2.78. The van der Waals surface area contributed by atoms with Crippen molar-refractivity contribution in [2.45, 2.75) is 31.7 Å². The molecule has 0 spiro atoms. The molecule has 2 rings (SSSR count). The van der Waals surface area contributed by atoms with Crippen LogP contribution in [0.4, 0.5) is 10.1 Å². The monoisotopic (exact) mass is 341 g/mol. The summed E-state index contributed by atoms with van der Waals surface area (Å²) < 4.78 is 44.8. The van der Waals surface area contributed by atoms with Crippen LogP contribution in [0.5, 0.6) is 0 Å². The van der Waals surface area contributed by atoms with Crippen LogP contribution >= 0.6 is 0 Å². The molecule has 0 aliphatic heterocycles. The Morgan fingerprint density at radius 3 is 2.61 bits per heavy atom. The Bertz CT molecular complexity index is 813. The van der Waals surface area contributed by atoms with Crippen LogP contribution in [0.15, 0.2) is 33.7 Å². The Morgan fingerprint density at radius 1 is 1.35 bits per heavy atom. The molecule has 1 aromatic carbocycles. The molecule has 7 nitrogen and oxygen atoms in total. The molecule has 1 atom stereocenters. The van der Waals surface area contributed by atoms with Gasteiger partial charge in [-0.15, -0.1) is 0 Å². The van der Waals surface area contributed by atoms with E-state index in [4.69, 9.17) is 4.52 Å². The molecule has 0 bridgehead atoms. The Kier molecular flexibility index (Phi) is 4.81. The second kappa shape index (κ2) is 6.47. The highest BCUT2D eigenvalue weighted by Crippen LogP contribution is 2.19. The van der Waals surface area contributed by atoms with E-state index >= 15 is 0 Å². The summed E-state index contributed by atoms with van der Waals surface area (Å²) in [6, 6.07) is 4.23. The van der Waals surface area contributed by atoms with Crippen LogP contribution in [-0.2, 0) is 14.8 Å². The Balaban J connectivity index is 2.12. The number of nitrogens with zero attached hydrogens (tertiary/aromatic N) is 1. The predicted molar refractivity (Wildman–Crippen MR) is 80.8 cm³/mol. The molecule has 0 radical (unpaired) electrons. The van der Waals surface area contributed by atoms with E-state index in [0.717, 1.165) is 6.07 Å². The van der Waals surface area contributed by atoms with E-state index in [1.165, 1.54) is 39.0 Å². The van der Waals surface area contributed by atoms with Crippen molar-refractivity contribution in [1.29, 1.82) is 0 Å². The maximum absolute atomic E-state index is 13.1. The molecule has 1 heterocycles. The predicted octanol–water partition coefficient (Wildman–Crippen LogP) is 1.74. The molecule has 0 saturated heterocycles. The first kappa shape index (κ1) is 17.1. The van der Waals surface area contributed by atoms with Crippen molar-refractivity contribution in [2.75, 3.05) is 5.32 Å². The third kappa shape index (κ3) is 3.93. The zero-order valence-corrected chi connectivity index (χ0v) is 13.6. The van der Waals surface area contributed by atoms with Crippen molar-refractivity contribution in [3.8, 4) is 0 Å². The minimum atomic E-state index is -3.96. The van der Waals surface area contributed by atoms with E-state index in [0.29, 0.717) is 0 Å². The molecule has 2 aromatic rings. The van der Waals surface area contributed by atoms with Gasteiger partial charge in [0.1, 0.15) is 16.4 Å². The number of benzene rings is 1. The minimum Gasteiger partial charge on any atom is -0.360 e. The molecule has 1 aromatic heterocycles. The van der Waals surface area contributed by atoms with Crippen LogP contribution in [0.2, 0.25) is 0 Å². The third-order valence-electron chi connectivity index (χ3n) is 3.05. The molecule has 0 unspecified atom stereocenters. The van der Waals surface area contributed by atoms with E-state index in [-0.39, 0.29) is 22.0 Å². The molecule has 2 N–H and O–H groups in total. The number of hydrogen-bond acceptors (Lipinski definition) is 5. The van der Waals surface area contributed by atoms with Crippen LogP contribution in [0.1, 0.15) is 18.4 Å². The van der Waals surface area contributed by atoms with Crippen LogP contribution in [0.3, 0.4) is 0 Å². The lowest BCUT2D eigenvalue weighted by Gasteiger charge is -2.14. The average molecular weight is 341 g/mol. The summed E-state index contributed by atoms with van der Waals surface area (Å²) in [5.74, 6) is -0.995. The zero-order chi connectivity index (χ0) is 17.2. The summed E-state index contributed by atoms with van der Waals surface area (Å²) in [7, 11) is -3.96. The number of carbonyl (C=O) groups excluding carboxylic acids is 1. The van der Waals surface area contributed by atoms with Crippen LogP contribution in [0, 0.1) is 19.7 Å². The summed E-state index contributed by atoms with van der Waals surface area (Å²) in [6.07, 6.45) is 0. The maximum Gasteiger partial charge on any atom is 0.246 e. The van der Waals surface area contributed by atoms with Crippen molar-refractivity contribution < 1.29 is 22.1 Å². The van der Waals surface area contributed by atoms with Gasteiger partial charge in [-0.25, -0.2) is 12.8 Å². The van der Waals surface area contributed by atoms with Crippen molar-refractivity contribution in [2.24, 2.45) is 0 Å². The second-order valence-corrected chi connectivity index (χ2v) is 6.65. The van der Waals surface area contributed by atoms with Gasteiger partial charge in [0.2, 0.25) is 15.9 Å². The molecule has 23 heavy (non-hydrogen) atoms. The Labute approximate surface area is 132 Å². The molecule has 124 valence electrons. The van der Waals surface area contributed by atoms with Crippen molar-refractivity contribution in [3.05, 3.63) is 41.5 Å². The second-order valence-electron chi connectivity index (χ2n) is 5.00. The molecular weight excluding hydrogens is 325 g/mol. The smallest absolute Gasteiger partial charge is 0.246 e. The Hall–Kier alpha value is -2.26. The van der Waals surface area contributed by atoms with Gasteiger partial charge < -0.3 is 9.84 Å². The first-order valence-electron chi connectivity index (χ1n) is 6.72. The van der Waals surface area contributed by atoms with Gasteiger partial charge in [0, 0.05) is 5.69 Å². The van der Waals surface area contributed by atoms with E-state index in [1.54, 1.807) is 0 Å². The van der Waals surface area contributed by atoms with Crippen LogP contribution in [-0.4, -0.2) is 25.5 Å².